The standard InChI is InChI=1S/C13H26N2O/c1-4-12-7-15(11(3)5-14)6-10(2)13(12)8-16-9-13/h10-12H,4-9,14H2,1-3H3. The van der Waals surface area contributed by atoms with E-state index in [1.165, 1.54) is 19.5 Å². The number of nitrogens with zero attached hydrogens (tertiary/aromatic N) is 1. The molecule has 0 aromatic rings. The number of nitrogens with two attached hydrogens (primary N) is 1. The molecule has 0 aromatic carbocycles. The number of likely N-dealkylation sites (tertiary alicyclic amines) is 1. The van der Waals surface area contributed by atoms with Crippen LogP contribution in [0.3, 0.4) is 0 Å². The zero-order chi connectivity index (χ0) is 11.8. The van der Waals surface area contributed by atoms with Crippen molar-refractivity contribution < 1.29 is 4.74 Å². The van der Waals surface area contributed by atoms with E-state index in [1.54, 1.807) is 0 Å². The van der Waals surface area contributed by atoms with Crippen molar-refractivity contribution in [3.8, 4) is 0 Å². The van der Waals surface area contributed by atoms with Crippen LogP contribution >= 0.6 is 0 Å². The maximum absolute atomic E-state index is 5.78. The van der Waals surface area contributed by atoms with E-state index < -0.39 is 0 Å². The fraction of sp³-hybridized carbons (Fsp3) is 1.00. The van der Waals surface area contributed by atoms with E-state index in [-0.39, 0.29) is 0 Å². The first-order valence-corrected chi connectivity index (χ1v) is 6.66. The molecule has 1 spiro atoms. The van der Waals surface area contributed by atoms with Crippen LogP contribution in [0.5, 0.6) is 0 Å². The smallest absolute Gasteiger partial charge is 0.0551 e. The van der Waals surface area contributed by atoms with Crippen LogP contribution in [-0.2, 0) is 4.74 Å². The number of piperidine rings is 1. The second-order valence-electron chi connectivity index (χ2n) is 5.77. The molecule has 2 heterocycles. The average Bonchev–Trinajstić information content (AvgIpc) is 2.24. The Morgan fingerprint density at radius 1 is 1.44 bits per heavy atom. The second kappa shape index (κ2) is 4.63. The molecular weight excluding hydrogens is 200 g/mol. The molecule has 2 aliphatic rings. The van der Waals surface area contributed by atoms with Gasteiger partial charge in [-0.3, -0.25) is 4.90 Å². The minimum Gasteiger partial charge on any atom is -0.380 e. The van der Waals surface area contributed by atoms with Crippen LogP contribution in [0, 0.1) is 17.3 Å². The van der Waals surface area contributed by atoms with Crippen molar-refractivity contribution in [3.63, 3.8) is 0 Å². The number of hydrogen-bond acceptors (Lipinski definition) is 3. The molecule has 16 heavy (non-hydrogen) atoms. The molecule has 94 valence electrons. The molecule has 0 bridgehead atoms. The van der Waals surface area contributed by atoms with Gasteiger partial charge in [-0.25, -0.2) is 0 Å². The molecule has 0 radical (unpaired) electrons. The van der Waals surface area contributed by atoms with Gasteiger partial charge >= 0.3 is 0 Å². The highest BCUT2D eigenvalue weighted by Gasteiger charge is 2.52. The largest absolute Gasteiger partial charge is 0.380 e. The third-order valence-corrected chi connectivity index (χ3v) is 4.96. The number of hydrogen-bond donors (Lipinski definition) is 1. The summed E-state index contributed by atoms with van der Waals surface area (Å²) in [5, 5.41) is 0. The number of rotatable bonds is 3. The molecule has 3 nitrogen and oxygen atoms in total. The van der Waals surface area contributed by atoms with Crippen molar-refractivity contribution in [2.45, 2.75) is 33.2 Å². The normalized spacial score (nSPS) is 36.0. The predicted octanol–water partition coefficient (Wildman–Crippen LogP) is 1.33. The van der Waals surface area contributed by atoms with Crippen molar-refractivity contribution in [2.75, 3.05) is 32.8 Å². The van der Waals surface area contributed by atoms with Gasteiger partial charge in [0.05, 0.1) is 13.2 Å². The molecule has 0 aliphatic carbocycles. The quantitative estimate of drug-likeness (QED) is 0.789. The van der Waals surface area contributed by atoms with Crippen LogP contribution in [0.2, 0.25) is 0 Å². The summed E-state index contributed by atoms with van der Waals surface area (Å²) in [6.07, 6.45) is 1.27. The summed E-state index contributed by atoms with van der Waals surface area (Å²) in [5.74, 6) is 1.54. The van der Waals surface area contributed by atoms with Gasteiger partial charge in [-0.2, -0.15) is 0 Å². The van der Waals surface area contributed by atoms with E-state index in [0.717, 1.165) is 31.6 Å². The summed E-state index contributed by atoms with van der Waals surface area (Å²) in [7, 11) is 0. The molecular formula is C13H26N2O. The molecule has 2 rings (SSSR count). The van der Waals surface area contributed by atoms with E-state index in [9.17, 15) is 0 Å². The number of ether oxygens (including phenoxy) is 1. The van der Waals surface area contributed by atoms with Gasteiger partial charge in [-0.15, -0.1) is 0 Å². The zero-order valence-corrected chi connectivity index (χ0v) is 10.9. The van der Waals surface area contributed by atoms with Gasteiger partial charge in [-0.05, 0) is 18.8 Å². The van der Waals surface area contributed by atoms with Gasteiger partial charge in [-0.1, -0.05) is 20.3 Å². The van der Waals surface area contributed by atoms with Gasteiger partial charge in [0.1, 0.15) is 0 Å². The first-order chi connectivity index (χ1) is 7.64. The topological polar surface area (TPSA) is 38.5 Å². The van der Waals surface area contributed by atoms with E-state index in [2.05, 4.69) is 25.7 Å². The van der Waals surface area contributed by atoms with Gasteiger partial charge in [0, 0.05) is 31.1 Å². The molecule has 2 fully saturated rings. The van der Waals surface area contributed by atoms with Gasteiger partial charge < -0.3 is 10.5 Å². The molecule has 2 aliphatic heterocycles. The van der Waals surface area contributed by atoms with Gasteiger partial charge in [0.15, 0.2) is 0 Å². The fourth-order valence-electron chi connectivity index (χ4n) is 3.38. The first-order valence-electron chi connectivity index (χ1n) is 6.66. The Morgan fingerprint density at radius 3 is 2.56 bits per heavy atom. The molecule has 2 saturated heterocycles. The Balaban J connectivity index is 2.07. The molecule has 3 atom stereocenters. The highest BCUT2D eigenvalue weighted by atomic mass is 16.5. The lowest BCUT2D eigenvalue weighted by atomic mass is 9.62. The molecule has 0 amide bonds. The Labute approximate surface area is 99.3 Å². The lowest BCUT2D eigenvalue weighted by molar-refractivity contribution is -0.203. The minimum atomic E-state index is 0.486. The van der Waals surface area contributed by atoms with Crippen LogP contribution < -0.4 is 5.73 Å². The van der Waals surface area contributed by atoms with Crippen molar-refractivity contribution in [3.05, 3.63) is 0 Å². The lowest BCUT2D eigenvalue weighted by Gasteiger charge is -2.57. The average molecular weight is 226 g/mol. The maximum Gasteiger partial charge on any atom is 0.0551 e. The van der Waals surface area contributed by atoms with Crippen molar-refractivity contribution >= 4 is 0 Å². The van der Waals surface area contributed by atoms with Gasteiger partial charge in [0.25, 0.3) is 0 Å². The summed E-state index contributed by atoms with van der Waals surface area (Å²) in [5.41, 5.74) is 6.27. The minimum absolute atomic E-state index is 0.486. The summed E-state index contributed by atoms with van der Waals surface area (Å²) < 4.78 is 5.50. The summed E-state index contributed by atoms with van der Waals surface area (Å²) in [6, 6.07) is 0.523. The lowest BCUT2D eigenvalue weighted by Crippen LogP contribution is -2.63. The Kier molecular flexibility index (Phi) is 3.57. The highest BCUT2D eigenvalue weighted by molar-refractivity contribution is 5.01. The van der Waals surface area contributed by atoms with Crippen molar-refractivity contribution in [2.24, 2.45) is 23.0 Å². The third kappa shape index (κ3) is 1.79. The van der Waals surface area contributed by atoms with Crippen molar-refractivity contribution in [1.82, 2.24) is 4.90 Å². The molecule has 3 unspecified atom stereocenters. The Hall–Kier alpha value is -0.120. The van der Waals surface area contributed by atoms with E-state index >= 15 is 0 Å². The zero-order valence-electron chi connectivity index (χ0n) is 10.9. The SMILES string of the molecule is CCC1CN(C(C)CN)CC(C)C12COC2. The summed E-state index contributed by atoms with van der Waals surface area (Å²) in [4.78, 5) is 2.57. The second-order valence-corrected chi connectivity index (χ2v) is 5.77. The monoisotopic (exact) mass is 226 g/mol. The van der Waals surface area contributed by atoms with Gasteiger partial charge in [0.2, 0.25) is 0 Å². The van der Waals surface area contributed by atoms with E-state index in [0.29, 0.717) is 11.5 Å². The first kappa shape index (κ1) is 12.3. The van der Waals surface area contributed by atoms with Crippen molar-refractivity contribution in [1.29, 1.82) is 0 Å². The van der Waals surface area contributed by atoms with Crippen LogP contribution in [0.25, 0.3) is 0 Å². The Bertz CT molecular complexity index is 240. The van der Waals surface area contributed by atoms with E-state index in [4.69, 9.17) is 10.5 Å². The molecule has 0 saturated carbocycles. The van der Waals surface area contributed by atoms with Crippen LogP contribution in [-0.4, -0.2) is 43.8 Å². The fourth-order valence-corrected chi connectivity index (χ4v) is 3.38. The third-order valence-electron chi connectivity index (χ3n) is 4.96. The molecule has 3 heteroatoms. The van der Waals surface area contributed by atoms with Crippen LogP contribution in [0.15, 0.2) is 0 Å². The Morgan fingerprint density at radius 2 is 2.12 bits per heavy atom. The maximum atomic E-state index is 5.78. The van der Waals surface area contributed by atoms with Crippen LogP contribution in [0.1, 0.15) is 27.2 Å². The van der Waals surface area contributed by atoms with E-state index in [1.807, 2.05) is 0 Å². The predicted molar refractivity (Wildman–Crippen MR) is 66.3 cm³/mol. The molecule has 2 N–H and O–H groups in total. The van der Waals surface area contributed by atoms with Crippen LogP contribution in [0.4, 0.5) is 0 Å². The summed E-state index contributed by atoms with van der Waals surface area (Å²) >= 11 is 0. The highest BCUT2D eigenvalue weighted by Crippen LogP contribution is 2.48. The molecule has 0 aromatic heterocycles. The summed E-state index contributed by atoms with van der Waals surface area (Å²) in [6.45, 7) is 12.1.